The van der Waals surface area contributed by atoms with Crippen LogP contribution in [0.1, 0.15) is 19.8 Å². The molecular formula is C10H19O3P. The van der Waals surface area contributed by atoms with E-state index >= 15 is 0 Å². The van der Waals surface area contributed by atoms with Crippen molar-refractivity contribution in [3.05, 3.63) is 12.3 Å². The van der Waals surface area contributed by atoms with Gasteiger partial charge in [-0.25, -0.2) is 0 Å². The van der Waals surface area contributed by atoms with Crippen LogP contribution in [-0.4, -0.2) is 24.4 Å². The second-order valence-corrected chi connectivity index (χ2v) is 4.12. The van der Waals surface area contributed by atoms with Gasteiger partial charge in [-0.2, -0.15) is 0 Å². The molecule has 0 saturated heterocycles. The Balaban J connectivity index is 2.47. The second kappa shape index (κ2) is 5.69. The average molecular weight is 218 g/mol. The maximum Gasteiger partial charge on any atom is 0.0784 e. The number of aliphatic hydroxyl groups is 1. The molecular weight excluding hydrogens is 199 g/mol. The Morgan fingerprint density at radius 2 is 2.29 bits per heavy atom. The van der Waals surface area contributed by atoms with Crippen LogP contribution in [0.15, 0.2) is 12.3 Å². The van der Waals surface area contributed by atoms with Crippen molar-refractivity contribution in [2.75, 3.05) is 7.11 Å². The van der Waals surface area contributed by atoms with Crippen LogP contribution in [-0.2, 0) is 9.26 Å². The Morgan fingerprint density at radius 3 is 2.79 bits per heavy atom. The first-order valence-corrected chi connectivity index (χ1v) is 5.39. The van der Waals surface area contributed by atoms with Gasteiger partial charge in [0, 0.05) is 15.9 Å². The minimum absolute atomic E-state index is 0.163. The van der Waals surface area contributed by atoms with Crippen molar-refractivity contribution in [2.24, 2.45) is 11.8 Å². The monoisotopic (exact) mass is 218 g/mol. The summed E-state index contributed by atoms with van der Waals surface area (Å²) in [4.78, 5) is 0. The van der Waals surface area contributed by atoms with E-state index < -0.39 is 0 Å². The SMILES string of the molecule is COC=CC[C@H]1C(O)CC(OP)[C@@H]1C. The number of rotatable bonds is 4. The van der Waals surface area contributed by atoms with E-state index in [2.05, 4.69) is 16.4 Å². The van der Waals surface area contributed by atoms with Gasteiger partial charge in [-0.1, -0.05) is 6.92 Å². The van der Waals surface area contributed by atoms with Crippen LogP contribution in [0, 0.1) is 11.8 Å². The molecule has 1 fully saturated rings. The molecule has 1 aliphatic carbocycles. The van der Waals surface area contributed by atoms with E-state index in [1.54, 1.807) is 13.4 Å². The van der Waals surface area contributed by atoms with Gasteiger partial charge in [0.05, 0.1) is 25.6 Å². The Kier molecular flexibility index (Phi) is 4.86. The summed E-state index contributed by atoms with van der Waals surface area (Å²) in [5.41, 5.74) is 0. The van der Waals surface area contributed by atoms with Gasteiger partial charge < -0.3 is 14.4 Å². The lowest BCUT2D eigenvalue weighted by Gasteiger charge is -2.18. The summed E-state index contributed by atoms with van der Waals surface area (Å²) in [7, 11) is 3.91. The van der Waals surface area contributed by atoms with Crippen LogP contribution < -0.4 is 0 Å². The fourth-order valence-electron chi connectivity index (χ4n) is 2.11. The normalized spacial score (nSPS) is 38.0. The van der Waals surface area contributed by atoms with Crippen LogP contribution in [0.4, 0.5) is 0 Å². The fourth-order valence-corrected chi connectivity index (χ4v) is 2.47. The molecule has 0 aromatic heterocycles. The summed E-state index contributed by atoms with van der Waals surface area (Å²) in [6, 6.07) is 0. The number of hydrogen-bond acceptors (Lipinski definition) is 3. The van der Waals surface area contributed by atoms with Crippen molar-refractivity contribution in [2.45, 2.75) is 32.0 Å². The van der Waals surface area contributed by atoms with Crippen LogP contribution in [0.3, 0.4) is 0 Å². The molecule has 0 spiro atoms. The maximum atomic E-state index is 9.80. The van der Waals surface area contributed by atoms with E-state index in [9.17, 15) is 5.11 Å². The third-order valence-electron chi connectivity index (χ3n) is 3.05. The largest absolute Gasteiger partial charge is 0.505 e. The quantitative estimate of drug-likeness (QED) is 0.577. The topological polar surface area (TPSA) is 38.7 Å². The minimum Gasteiger partial charge on any atom is -0.505 e. The Labute approximate surface area is 87.8 Å². The number of hydrogen-bond donors (Lipinski definition) is 1. The van der Waals surface area contributed by atoms with Crippen molar-refractivity contribution in [1.29, 1.82) is 0 Å². The van der Waals surface area contributed by atoms with E-state index in [-0.39, 0.29) is 18.1 Å². The minimum atomic E-state index is -0.253. The van der Waals surface area contributed by atoms with Crippen molar-refractivity contribution in [3.8, 4) is 0 Å². The molecule has 4 heteroatoms. The molecule has 0 radical (unpaired) electrons. The van der Waals surface area contributed by atoms with Gasteiger partial charge in [0.15, 0.2) is 0 Å². The zero-order chi connectivity index (χ0) is 10.6. The maximum absolute atomic E-state index is 9.80. The summed E-state index contributed by atoms with van der Waals surface area (Å²) in [6.45, 7) is 2.12. The van der Waals surface area contributed by atoms with Gasteiger partial charge in [-0.05, 0) is 24.3 Å². The first-order valence-electron chi connectivity index (χ1n) is 4.92. The third kappa shape index (κ3) is 2.69. The molecule has 1 aliphatic rings. The van der Waals surface area contributed by atoms with Crippen molar-refractivity contribution in [3.63, 3.8) is 0 Å². The summed E-state index contributed by atoms with van der Waals surface area (Å²) >= 11 is 0. The van der Waals surface area contributed by atoms with Crippen molar-refractivity contribution in [1.82, 2.24) is 0 Å². The summed E-state index contributed by atoms with van der Waals surface area (Å²) in [5.74, 6) is 0.677. The average Bonchev–Trinajstić information content (AvgIpc) is 2.45. The van der Waals surface area contributed by atoms with Crippen LogP contribution in [0.2, 0.25) is 0 Å². The van der Waals surface area contributed by atoms with Gasteiger partial charge in [0.1, 0.15) is 0 Å². The summed E-state index contributed by atoms with van der Waals surface area (Å²) in [6.07, 6.45) is 5.11. The second-order valence-electron chi connectivity index (χ2n) is 3.84. The Hall–Kier alpha value is -0.110. The molecule has 3 nitrogen and oxygen atoms in total. The predicted octanol–water partition coefficient (Wildman–Crippen LogP) is 1.73. The highest BCUT2D eigenvalue weighted by molar-refractivity contribution is 7.09. The van der Waals surface area contributed by atoms with Crippen LogP contribution in [0.5, 0.6) is 0 Å². The molecule has 1 rings (SSSR count). The highest BCUT2D eigenvalue weighted by atomic mass is 31.0. The Morgan fingerprint density at radius 1 is 1.57 bits per heavy atom. The lowest BCUT2D eigenvalue weighted by atomic mass is 9.92. The van der Waals surface area contributed by atoms with Crippen LogP contribution in [0.25, 0.3) is 0 Å². The van der Waals surface area contributed by atoms with E-state index in [1.165, 1.54) is 0 Å². The molecule has 1 N–H and O–H groups in total. The van der Waals surface area contributed by atoms with Crippen molar-refractivity contribution >= 4 is 9.47 Å². The predicted molar refractivity (Wildman–Crippen MR) is 58.6 cm³/mol. The number of allylic oxidation sites excluding steroid dienone is 1. The molecule has 0 heterocycles. The van der Waals surface area contributed by atoms with E-state index in [0.29, 0.717) is 5.92 Å². The molecule has 82 valence electrons. The zero-order valence-corrected chi connectivity index (χ0v) is 9.87. The van der Waals surface area contributed by atoms with Gasteiger partial charge in [0.25, 0.3) is 0 Å². The third-order valence-corrected chi connectivity index (χ3v) is 3.39. The highest BCUT2D eigenvalue weighted by Crippen LogP contribution is 2.37. The summed E-state index contributed by atoms with van der Waals surface area (Å²) < 4.78 is 10.1. The lowest BCUT2D eigenvalue weighted by Crippen LogP contribution is -2.18. The molecule has 0 aromatic rings. The van der Waals surface area contributed by atoms with Gasteiger partial charge >= 0.3 is 0 Å². The summed E-state index contributed by atoms with van der Waals surface area (Å²) in [5, 5.41) is 9.80. The fraction of sp³-hybridized carbons (Fsp3) is 0.800. The molecule has 0 aliphatic heterocycles. The molecule has 3 unspecified atom stereocenters. The zero-order valence-electron chi connectivity index (χ0n) is 8.72. The molecule has 14 heavy (non-hydrogen) atoms. The standard InChI is InChI=1S/C10H19O3P/c1-7-8(4-3-5-12-2)9(11)6-10(7)13-14/h3,5,7-11H,4,6,14H2,1-2H3/t7-,8-,9?,10?/m1/s1. The smallest absolute Gasteiger partial charge is 0.0784 e. The van der Waals surface area contributed by atoms with E-state index in [4.69, 9.17) is 9.26 Å². The van der Waals surface area contributed by atoms with Gasteiger partial charge in [-0.15, -0.1) is 0 Å². The molecule has 5 atom stereocenters. The highest BCUT2D eigenvalue weighted by Gasteiger charge is 2.39. The number of aliphatic hydroxyl groups excluding tert-OH is 1. The molecule has 0 amide bonds. The number of ether oxygens (including phenoxy) is 1. The molecule has 1 saturated carbocycles. The molecule has 0 aromatic carbocycles. The van der Waals surface area contributed by atoms with E-state index in [1.807, 2.05) is 6.08 Å². The van der Waals surface area contributed by atoms with Crippen LogP contribution >= 0.6 is 9.47 Å². The lowest BCUT2D eigenvalue weighted by molar-refractivity contribution is 0.121. The Bertz CT molecular complexity index is 196. The van der Waals surface area contributed by atoms with Crippen molar-refractivity contribution < 1.29 is 14.4 Å². The number of methoxy groups -OCH3 is 1. The first-order chi connectivity index (χ1) is 6.70. The first kappa shape index (κ1) is 12.0. The molecule has 0 bridgehead atoms. The van der Waals surface area contributed by atoms with Gasteiger partial charge in [0.2, 0.25) is 0 Å². The van der Waals surface area contributed by atoms with Gasteiger partial charge in [-0.3, -0.25) is 0 Å². The van der Waals surface area contributed by atoms with E-state index in [0.717, 1.165) is 12.8 Å².